The van der Waals surface area contributed by atoms with Crippen LogP contribution in [0.1, 0.15) is 25.7 Å². The van der Waals surface area contributed by atoms with Crippen LogP contribution in [0.5, 0.6) is 0 Å². The van der Waals surface area contributed by atoms with Gasteiger partial charge in [-0.05, 0) is 31.0 Å². The van der Waals surface area contributed by atoms with E-state index < -0.39 is 5.60 Å². The molecule has 1 saturated heterocycles. The van der Waals surface area contributed by atoms with Gasteiger partial charge in [0, 0.05) is 49.6 Å². The summed E-state index contributed by atoms with van der Waals surface area (Å²) < 4.78 is 1.56. The minimum absolute atomic E-state index is 0.0690. The lowest BCUT2D eigenvalue weighted by Gasteiger charge is -2.42. The summed E-state index contributed by atoms with van der Waals surface area (Å²) in [4.78, 5) is 18.5. The number of aliphatic hydroxyl groups is 1. The number of pyridine rings is 1. The zero-order valence-electron chi connectivity index (χ0n) is 14.3. The van der Waals surface area contributed by atoms with E-state index >= 15 is 0 Å². The highest BCUT2D eigenvalue weighted by Gasteiger charge is 2.37. The predicted octanol–water partition coefficient (Wildman–Crippen LogP) is 1.54. The van der Waals surface area contributed by atoms with E-state index in [2.05, 4.69) is 15.0 Å². The van der Waals surface area contributed by atoms with Gasteiger partial charge in [-0.15, -0.1) is 0 Å². The van der Waals surface area contributed by atoms with E-state index in [0.29, 0.717) is 12.5 Å². The molecule has 25 heavy (non-hydrogen) atoms. The average Bonchev–Trinajstić information content (AvgIpc) is 3.02. The molecule has 0 radical (unpaired) electrons. The quantitative estimate of drug-likeness (QED) is 0.894. The van der Waals surface area contributed by atoms with Gasteiger partial charge < -0.3 is 5.11 Å². The van der Waals surface area contributed by atoms with Crippen molar-refractivity contribution in [1.82, 2.24) is 19.7 Å². The third-order valence-electron chi connectivity index (χ3n) is 5.34. The van der Waals surface area contributed by atoms with Crippen molar-refractivity contribution in [1.29, 1.82) is 0 Å². The molecule has 0 aromatic carbocycles. The van der Waals surface area contributed by atoms with Crippen molar-refractivity contribution in [2.24, 2.45) is 5.92 Å². The molecule has 0 unspecified atom stereocenters. The molecule has 132 valence electrons. The van der Waals surface area contributed by atoms with Crippen LogP contribution in [0.25, 0.3) is 11.3 Å². The first kappa shape index (κ1) is 16.4. The van der Waals surface area contributed by atoms with Gasteiger partial charge in [0.05, 0.1) is 17.8 Å². The van der Waals surface area contributed by atoms with E-state index in [1.807, 2.05) is 12.1 Å². The summed E-state index contributed by atoms with van der Waals surface area (Å²) in [6.45, 7) is 3.24. The largest absolute Gasteiger partial charge is 0.389 e. The van der Waals surface area contributed by atoms with Gasteiger partial charge in [0.25, 0.3) is 5.56 Å². The number of aromatic nitrogens is 3. The molecule has 1 N–H and O–H groups in total. The lowest BCUT2D eigenvalue weighted by atomic mass is 9.95. The van der Waals surface area contributed by atoms with E-state index in [9.17, 15) is 9.90 Å². The Labute approximate surface area is 147 Å². The molecule has 1 aliphatic carbocycles. The molecule has 2 aromatic heterocycles. The number of β-amino-alcohol motifs (C(OH)–C–C–N with tert-alkyl or cyclic N) is 1. The highest BCUT2D eigenvalue weighted by atomic mass is 16.3. The number of likely N-dealkylation sites (tertiary alicyclic amines) is 1. The maximum Gasteiger partial charge on any atom is 0.266 e. The lowest BCUT2D eigenvalue weighted by molar-refractivity contribution is -0.0303. The first-order chi connectivity index (χ1) is 12.1. The Morgan fingerprint density at radius 1 is 1.20 bits per heavy atom. The Bertz CT molecular complexity index is 778. The zero-order chi connectivity index (χ0) is 17.3. The standard InChI is InChI=1S/C19H24N4O2/c24-18-6-5-17(16-4-3-9-20-10-16)21-23(18)13-15-11-22(12-15)14-19(25)7-1-2-8-19/h3-6,9-10,15,25H,1-2,7-8,11-14H2. The molecule has 6 heteroatoms. The second-order valence-electron chi connectivity index (χ2n) is 7.47. The van der Waals surface area contributed by atoms with Crippen molar-refractivity contribution in [3.05, 3.63) is 47.0 Å². The maximum atomic E-state index is 12.1. The van der Waals surface area contributed by atoms with Gasteiger partial charge in [0.15, 0.2) is 0 Å². The molecule has 3 heterocycles. The number of hydrogen-bond acceptors (Lipinski definition) is 5. The molecular formula is C19H24N4O2. The van der Waals surface area contributed by atoms with Crippen molar-refractivity contribution >= 4 is 0 Å². The van der Waals surface area contributed by atoms with Gasteiger partial charge in [-0.3, -0.25) is 14.7 Å². The van der Waals surface area contributed by atoms with Crippen molar-refractivity contribution in [3.63, 3.8) is 0 Å². The second kappa shape index (κ2) is 6.69. The summed E-state index contributed by atoms with van der Waals surface area (Å²) >= 11 is 0. The van der Waals surface area contributed by atoms with Crippen molar-refractivity contribution < 1.29 is 5.11 Å². The van der Waals surface area contributed by atoms with Crippen LogP contribution in [0.3, 0.4) is 0 Å². The molecule has 2 aromatic rings. The van der Waals surface area contributed by atoms with E-state index in [0.717, 1.165) is 56.6 Å². The van der Waals surface area contributed by atoms with Gasteiger partial charge in [-0.1, -0.05) is 12.8 Å². The Kier molecular flexibility index (Phi) is 4.39. The maximum absolute atomic E-state index is 12.1. The van der Waals surface area contributed by atoms with Crippen LogP contribution in [-0.2, 0) is 6.54 Å². The highest BCUT2D eigenvalue weighted by molar-refractivity contribution is 5.56. The van der Waals surface area contributed by atoms with E-state index in [1.165, 1.54) is 0 Å². The molecule has 0 bridgehead atoms. The summed E-state index contributed by atoms with van der Waals surface area (Å²) in [6, 6.07) is 7.13. The molecule has 2 aliphatic rings. The van der Waals surface area contributed by atoms with Crippen LogP contribution >= 0.6 is 0 Å². The SMILES string of the molecule is O=c1ccc(-c2cccnc2)nn1CC1CN(CC2(O)CCCC2)C1. The fraction of sp³-hybridized carbons (Fsp3) is 0.526. The normalized spacial score (nSPS) is 20.5. The molecule has 0 atom stereocenters. The van der Waals surface area contributed by atoms with Gasteiger partial charge in [0.2, 0.25) is 0 Å². The topological polar surface area (TPSA) is 71.2 Å². The third-order valence-corrected chi connectivity index (χ3v) is 5.34. The van der Waals surface area contributed by atoms with Crippen LogP contribution in [0.4, 0.5) is 0 Å². The third kappa shape index (κ3) is 3.65. The summed E-state index contributed by atoms with van der Waals surface area (Å²) in [6.07, 6.45) is 7.58. The molecule has 1 aliphatic heterocycles. The molecule has 0 spiro atoms. The van der Waals surface area contributed by atoms with E-state index in [-0.39, 0.29) is 5.56 Å². The predicted molar refractivity (Wildman–Crippen MR) is 95.1 cm³/mol. The molecule has 2 fully saturated rings. The van der Waals surface area contributed by atoms with Crippen molar-refractivity contribution in [3.8, 4) is 11.3 Å². The Morgan fingerprint density at radius 3 is 2.72 bits per heavy atom. The Morgan fingerprint density at radius 2 is 2.00 bits per heavy atom. The number of hydrogen-bond donors (Lipinski definition) is 1. The van der Waals surface area contributed by atoms with E-state index in [1.54, 1.807) is 29.2 Å². The van der Waals surface area contributed by atoms with Crippen LogP contribution in [0, 0.1) is 5.92 Å². The molecule has 1 saturated carbocycles. The summed E-state index contributed by atoms with van der Waals surface area (Å²) in [5.41, 5.74) is 1.12. The van der Waals surface area contributed by atoms with Gasteiger partial charge >= 0.3 is 0 Å². The lowest BCUT2D eigenvalue weighted by Crippen LogP contribution is -2.54. The Balaban J connectivity index is 1.38. The van der Waals surface area contributed by atoms with Crippen LogP contribution in [0.2, 0.25) is 0 Å². The average molecular weight is 340 g/mol. The zero-order valence-corrected chi connectivity index (χ0v) is 14.3. The first-order valence-corrected chi connectivity index (χ1v) is 9.05. The molecular weight excluding hydrogens is 316 g/mol. The monoisotopic (exact) mass is 340 g/mol. The summed E-state index contributed by atoms with van der Waals surface area (Å²) in [5.74, 6) is 0.416. The number of nitrogens with zero attached hydrogens (tertiary/aromatic N) is 4. The minimum atomic E-state index is -0.486. The fourth-order valence-electron chi connectivity index (χ4n) is 4.02. The molecule has 6 nitrogen and oxygen atoms in total. The fourth-order valence-corrected chi connectivity index (χ4v) is 4.02. The van der Waals surface area contributed by atoms with Crippen LogP contribution in [-0.4, -0.2) is 50.0 Å². The second-order valence-corrected chi connectivity index (χ2v) is 7.47. The van der Waals surface area contributed by atoms with Crippen LogP contribution < -0.4 is 5.56 Å². The first-order valence-electron chi connectivity index (χ1n) is 9.05. The number of rotatable bonds is 5. The smallest absolute Gasteiger partial charge is 0.266 e. The van der Waals surface area contributed by atoms with Crippen LogP contribution in [0.15, 0.2) is 41.5 Å². The Hall–Kier alpha value is -2.05. The minimum Gasteiger partial charge on any atom is -0.389 e. The van der Waals surface area contributed by atoms with Gasteiger partial charge in [-0.2, -0.15) is 5.10 Å². The van der Waals surface area contributed by atoms with Gasteiger partial charge in [0.1, 0.15) is 0 Å². The summed E-state index contributed by atoms with van der Waals surface area (Å²) in [7, 11) is 0. The van der Waals surface area contributed by atoms with Crippen molar-refractivity contribution in [2.75, 3.05) is 19.6 Å². The van der Waals surface area contributed by atoms with Gasteiger partial charge in [-0.25, -0.2) is 4.68 Å². The van der Waals surface area contributed by atoms with Crippen molar-refractivity contribution in [2.45, 2.75) is 37.8 Å². The highest BCUT2D eigenvalue weighted by Crippen LogP contribution is 2.32. The molecule has 0 amide bonds. The van der Waals surface area contributed by atoms with E-state index in [4.69, 9.17) is 0 Å². The molecule has 4 rings (SSSR count). The summed E-state index contributed by atoms with van der Waals surface area (Å²) in [5, 5.41) is 15.0.